The molecule has 1 rings (SSSR count). The lowest BCUT2D eigenvalue weighted by Crippen LogP contribution is -2.01. The quantitative estimate of drug-likeness (QED) is 0.511. The molecule has 0 aliphatic heterocycles. The standard InChI is InChI=1S/C12H11Cl2NO2/c1-7(16)10(8(2)17)6-15-9-3-4-11(13)12(14)5-9/h3-6,16H,1-2H3/b10-7+,15-6?. The average molecular weight is 272 g/mol. The minimum absolute atomic E-state index is 0.0682. The molecule has 0 saturated carbocycles. The molecule has 0 heterocycles. The van der Waals surface area contributed by atoms with Crippen LogP contribution < -0.4 is 0 Å². The summed E-state index contributed by atoms with van der Waals surface area (Å²) in [6.45, 7) is 2.79. The van der Waals surface area contributed by atoms with Crippen molar-refractivity contribution in [2.75, 3.05) is 0 Å². The van der Waals surface area contributed by atoms with E-state index >= 15 is 0 Å². The fourth-order valence-electron chi connectivity index (χ4n) is 1.14. The van der Waals surface area contributed by atoms with Gasteiger partial charge in [-0.15, -0.1) is 0 Å². The number of allylic oxidation sites excluding steroid dienone is 2. The van der Waals surface area contributed by atoms with Crippen LogP contribution in [0.25, 0.3) is 0 Å². The molecule has 0 atom stereocenters. The highest BCUT2D eigenvalue weighted by molar-refractivity contribution is 6.42. The Bertz CT molecular complexity index is 503. The number of aliphatic hydroxyl groups excluding tert-OH is 1. The summed E-state index contributed by atoms with van der Waals surface area (Å²) in [6, 6.07) is 4.85. The summed E-state index contributed by atoms with van der Waals surface area (Å²) in [6.07, 6.45) is 1.30. The summed E-state index contributed by atoms with van der Waals surface area (Å²) in [4.78, 5) is 15.2. The number of hydrogen-bond donors (Lipinski definition) is 1. The Morgan fingerprint density at radius 2 is 1.94 bits per heavy atom. The van der Waals surface area contributed by atoms with Crippen LogP contribution in [-0.2, 0) is 4.79 Å². The van der Waals surface area contributed by atoms with E-state index in [0.29, 0.717) is 15.7 Å². The van der Waals surface area contributed by atoms with Gasteiger partial charge in [0.15, 0.2) is 5.78 Å². The number of nitrogens with zero attached hydrogens (tertiary/aromatic N) is 1. The highest BCUT2D eigenvalue weighted by atomic mass is 35.5. The van der Waals surface area contributed by atoms with Crippen LogP contribution in [0.3, 0.4) is 0 Å². The first-order valence-electron chi connectivity index (χ1n) is 4.81. The molecule has 0 aliphatic rings. The second-order valence-corrected chi connectivity index (χ2v) is 4.23. The Morgan fingerprint density at radius 1 is 1.29 bits per heavy atom. The Labute approximate surface area is 109 Å². The lowest BCUT2D eigenvalue weighted by molar-refractivity contribution is -0.113. The molecular weight excluding hydrogens is 261 g/mol. The van der Waals surface area contributed by atoms with Crippen LogP contribution in [0, 0.1) is 0 Å². The molecule has 1 aromatic carbocycles. The topological polar surface area (TPSA) is 49.7 Å². The van der Waals surface area contributed by atoms with Crippen molar-refractivity contribution in [1.82, 2.24) is 0 Å². The summed E-state index contributed by atoms with van der Waals surface area (Å²) in [5, 5.41) is 10.1. The minimum Gasteiger partial charge on any atom is -0.512 e. The first-order chi connectivity index (χ1) is 7.91. The third-order valence-corrected chi connectivity index (χ3v) is 2.75. The van der Waals surface area contributed by atoms with Crippen LogP contribution in [0.5, 0.6) is 0 Å². The smallest absolute Gasteiger partial charge is 0.164 e. The highest BCUT2D eigenvalue weighted by Crippen LogP contribution is 2.26. The van der Waals surface area contributed by atoms with Gasteiger partial charge >= 0.3 is 0 Å². The van der Waals surface area contributed by atoms with Gasteiger partial charge < -0.3 is 5.11 Å². The molecule has 0 saturated heterocycles. The molecule has 0 fully saturated rings. The van der Waals surface area contributed by atoms with Gasteiger partial charge in [0.05, 0.1) is 21.3 Å². The Hall–Kier alpha value is -1.32. The van der Waals surface area contributed by atoms with Gasteiger partial charge in [-0.1, -0.05) is 23.2 Å². The van der Waals surface area contributed by atoms with E-state index in [-0.39, 0.29) is 17.1 Å². The SMILES string of the molecule is CC(=O)/C(C=Nc1ccc(Cl)c(Cl)c1)=C(\C)O. The zero-order valence-corrected chi connectivity index (χ0v) is 10.9. The van der Waals surface area contributed by atoms with Crippen molar-refractivity contribution in [2.45, 2.75) is 13.8 Å². The molecule has 0 spiro atoms. The van der Waals surface area contributed by atoms with Gasteiger partial charge in [-0.3, -0.25) is 9.79 Å². The molecule has 0 unspecified atom stereocenters. The van der Waals surface area contributed by atoms with Crippen molar-refractivity contribution in [1.29, 1.82) is 0 Å². The predicted molar refractivity (Wildman–Crippen MR) is 70.6 cm³/mol. The van der Waals surface area contributed by atoms with Crippen LogP contribution in [0.4, 0.5) is 5.69 Å². The summed E-state index contributed by atoms with van der Waals surface area (Å²) in [5.74, 6) is -0.324. The number of carbonyl (C=O) groups is 1. The van der Waals surface area contributed by atoms with Crippen LogP contribution in [0.2, 0.25) is 10.0 Å². The Morgan fingerprint density at radius 3 is 2.41 bits per heavy atom. The first kappa shape index (κ1) is 13.7. The van der Waals surface area contributed by atoms with E-state index in [0.717, 1.165) is 0 Å². The number of benzene rings is 1. The second kappa shape index (κ2) is 5.84. The Balaban J connectivity index is 3.01. The van der Waals surface area contributed by atoms with E-state index in [9.17, 15) is 9.90 Å². The van der Waals surface area contributed by atoms with Gasteiger partial charge in [0.25, 0.3) is 0 Å². The number of Topliss-reactive ketones (excluding diaryl/α,β-unsaturated/α-hetero) is 1. The maximum absolute atomic E-state index is 11.2. The minimum atomic E-state index is -0.256. The molecule has 0 bridgehead atoms. The molecular formula is C12H11Cl2NO2. The molecule has 1 aromatic rings. The molecule has 5 heteroatoms. The third-order valence-electron chi connectivity index (χ3n) is 2.01. The van der Waals surface area contributed by atoms with Gasteiger partial charge in [0.2, 0.25) is 0 Å². The third kappa shape index (κ3) is 3.88. The predicted octanol–water partition coefficient (Wildman–Crippen LogP) is 4.12. The van der Waals surface area contributed by atoms with Crippen LogP contribution in [0.1, 0.15) is 13.8 Å². The van der Waals surface area contributed by atoms with Crippen molar-refractivity contribution in [2.24, 2.45) is 4.99 Å². The lowest BCUT2D eigenvalue weighted by atomic mass is 10.2. The number of aliphatic imine (C=N–C) groups is 1. The summed E-state index contributed by atoms with van der Waals surface area (Å²) in [7, 11) is 0. The number of halogens is 2. The number of ketones is 1. The van der Waals surface area contributed by atoms with Gasteiger partial charge in [-0.25, -0.2) is 0 Å². The van der Waals surface area contributed by atoms with E-state index in [1.165, 1.54) is 20.1 Å². The molecule has 1 N–H and O–H groups in total. The van der Waals surface area contributed by atoms with Crippen LogP contribution in [-0.4, -0.2) is 17.1 Å². The van der Waals surface area contributed by atoms with Crippen molar-refractivity contribution in [3.8, 4) is 0 Å². The van der Waals surface area contributed by atoms with Crippen molar-refractivity contribution < 1.29 is 9.90 Å². The summed E-state index contributed by atoms with van der Waals surface area (Å²) >= 11 is 11.6. The number of rotatable bonds is 3. The van der Waals surface area contributed by atoms with Crippen LogP contribution in [0.15, 0.2) is 34.5 Å². The maximum atomic E-state index is 11.2. The number of hydrogen-bond acceptors (Lipinski definition) is 3. The zero-order chi connectivity index (χ0) is 13.0. The molecule has 0 aromatic heterocycles. The van der Waals surface area contributed by atoms with E-state index in [1.807, 2.05) is 0 Å². The number of carbonyl (C=O) groups excluding carboxylic acids is 1. The van der Waals surface area contributed by atoms with Crippen molar-refractivity contribution in [3.63, 3.8) is 0 Å². The average Bonchev–Trinajstić information content (AvgIpc) is 2.22. The van der Waals surface area contributed by atoms with Gasteiger partial charge in [-0.2, -0.15) is 0 Å². The zero-order valence-electron chi connectivity index (χ0n) is 9.37. The van der Waals surface area contributed by atoms with E-state index in [1.54, 1.807) is 18.2 Å². The molecule has 17 heavy (non-hydrogen) atoms. The molecule has 90 valence electrons. The van der Waals surface area contributed by atoms with Crippen LogP contribution >= 0.6 is 23.2 Å². The Kier molecular flexibility index (Phi) is 4.73. The largest absolute Gasteiger partial charge is 0.512 e. The normalized spacial score (nSPS) is 12.7. The summed E-state index contributed by atoms with van der Waals surface area (Å²) < 4.78 is 0. The highest BCUT2D eigenvalue weighted by Gasteiger charge is 2.05. The van der Waals surface area contributed by atoms with Crippen molar-refractivity contribution in [3.05, 3.63) is 39.6 Å². The molecule has 0 aliphatic carbocycles. The van der Waals surface area contributed by atoms with Gasteiger partial charge in [0, 0.05) is 6.21 Å². The second-order valence-electron chi connectivity index (χ2n) is 3.41. The summed E-state index contributed by atoms with van der Waals surface area (Å²) in [5.41, 5.74) is 0.718. The van der Waals surface area contributed by atoms with E-state index in [4.69, 9.17) is 23.2 Å². The maximum Gasteiger partial charge on any atom is 0.164 e. The lowest BCUT2D eigenvalue weighted by Gasteiger charge is -1.99. The van der Waals surface area contributed by atoms with Gasteiger partial charge in [-0.05, 0) is 32.0 Å². The van der Waals surface area contributed by atoms with E-state index < -0.39 is 0 Å². The fraction of sp³-hybridized carbons (Fsp3) is 0.167. The molecule has 0 amide bonds. The first-order valence-corrected chi connectivity index (χ1v) is 5.57. The van der Waals surface area contributed by atoms with Crippen molar-refractivity contribution >= 4 is 40.9 Å². The molecule has 0 radical (unpaired) electrons. The van der Waals surface area contributed by atoms with Gasteiger partial charge in [0.1, 0.15) is 5.76 Å². The van der Waals surface area contributed by atoms with E-state index in [2.05, 4.69) is 4.99 Å². The molecule has 3 nitrogen and oxygen atoms in total. The fourth-order valence-corrected chi connectivity index (χ4v) is 1.44. The number of aliphatic hydroxyl groups is 1. The monoisotopic (exact) mass is 271 g/mol.